The second-order valence-electron chi connectivity index (χ2n) is 4.27. The van der Waals surface area contributed by atoms with Gasteiger partial charge in [-0.25, -0.2) is 0 Å². The van der Waals surface area contributed by atoms with Crippen LogP contribution in [0.2, 0.25) is 0 Å². The van der Waals surface area contributed by atoms with Gasteiger partial charge in [0.05, 0.1) is 12.2 Å². The molecule has 0 fully saturated rings. The Morgan fingerprint density at radius 3 is 3.00 bits per heavy atom. The molecule has 1 atom stereocenters. The van der Waals surface area contributed by atoms with Crippen molar-refractivity contribution in [3.63, 3.8) is 0 Å². The molecule has 1 heterocycles. The largest absolute Gasteiger partial charge is 0.487 e. The molecule has 0 amide bonds. The molecule has 1 aromatic carbocycles. The predicted octanol–water partition coefficient (Wildman–Crippen LogP) is 2.43. The highest BCUT2D eigenvalue weighted by Gasteiger charge is 2.25. The van der Waals surface area contributed by atoms with Crippen LogP contribution in [0.3, 0.4) is 0 Å². The molecule has 1 unspecified atom stereocenters. The van der Waals surface area contributed by atoms with Gasteiger partial charge in [-0.05, 0) is 31.5 Å². The standard InChI is InChI=1S/C12H14BrNO3/c1-7-3-11-10(4-9(7)13)14(6-12(15)16)5-8(2)17-11/h3-4,8H,5-6H2,1-2H3,(H,15,16). The maximum Gasteiger partial charge on any atom is 0.323 e. The number of hydrogen-bond acceptors (Lipinski definition) is 3. The summed E-state index contributed by atoms with van der Waals surface area (Å²) in [6.07, 6.45) is 0.00225. The van der Waals surface area contributed by atoms with Crippen molar-refractivity contribution in [3.05, 3.63) is 22.2 Å². The lowest BCUT2D eigenvalue weighted by atomic mass is 10.1. The Morgan fingerprint density at radius 1 is 1.65 bits per heavy atom. The molecule has 92 valence electrons. The molecule has 0 saturated carbocycles. The van der Waals surface area contributed by atoms with Gasteiger partial charge in [0.15, 0.2) is 0 Å². The Balaban J connectivity index is 2.41. The van der Waals surface area contributed by atoms with Gasteiger partial charge in [0.25, 0.3) is 0 Å². The summed E-state index contributed by atoms with van der Waals surface area (Å²) < 4.78 is 6.69. The molecule has 0 bridgehead atoms. The normalized spacial score (nSPS) is 18.5. The first-order chi connectivity index (χ1) is 7.97. The minimum Gasteiger partial charge on any atom is -0.487 e. The average molecular weight is 300 g/mol. The number of aliphatic carboxylic acids is 1. The fourth-order valence-electron chi connectivity index (χ4n) is 1.96. The van der Waals surface area contributed by atoms with E-state index < -0.39 is 5.97 Å². The quantitative estimate of drug-likeness (QED) is 0.911. The molecule has 0 aromatic heterocycles. The van der Waals surface area contributed by atoms with Crippen molar-refractivity contribution in [1.82, 2.24) is 0 Å². The van der Waals surface area contributed by atoms with E-state index >= 15 is 0 Å². The van der Waals surface area contributed by atoms with Crippen LogP contribution in [0.1, 0.15) is 12.5 Å². The van der Waals surface area contributed by atoms with Gasteiger partial charge in [-0.3, -0.25) is 4.79 Å². The van der Waals surface area contributed by atoms with E-state index in [1.807, 2.05) is 30.9 Å². The van der Waals surface area contributed by atoms with Crippen molar-refractivity contribution in [2.24, 2.45) is 0 Å². The van der Waals surface area contributed by atoms with Crippen LogP contribution in [0.5, 0.6) is 5.75 Å². The number of rotatable bonds is 2. The highest BCUT2D eigenvalue weighted by molar-refractivity contribution is 9.10. The number of nitrogens with zero attached hydrogens (tertiary/aromatic N) is 1. The number of ether oxygens (including phenoxy) is 1. The molecule has 17 heavy (non-hydrogen) atoms. The van der Waals surface area contributed by atoms with Crippen LogP contribution in [0.15, 0.2) is 16.6 Å². The number of halogens is 1. The van der Waals surface area contributed by atoms with Gasteiger partial charge in [0.1, 0.15) is 18.4 Å². The van der Waals surface area contributed by atoms with E-state index in [4.69, 9.17) is 9.84 Å². The second-order valence-corrected chi connectivity index (χ2v) is 5.13. The summed E-state index contributed by atoms with van der Waals surface area (Å²) in [6, 6.07) is 3.85. The van der Waals surface area contributed by atoms with E-state index in [1.165, 1.54) is 0 Å². The van der Waals surface area contributed by atoms with Crippen LogP contribution in [-0.4, -0.2) is 30.3 Å². The van der Waals surface area contributed by atoms with Crippen LogP contribution in [-0.2, 0) is 4.79 Å². The van der Waals surface area contributed by atoms with Gasteiger partial charge in [-0.15, -0.1) is 0 Å². The summed E-state index contributed by atoms with van der Waals surface area (Å²) in [7, 11) is 0. The Hall–Kier alpha value is -1.23. The number of fused-ring (bicyclic) bond motifs is 1. The van der Waals surface area contributed by atoms with E-state index in [0.29, 0.717) is 6.54 Å². The van der Waals surface area contributed by atoms with Crippen molar-refractivity contribution < 1.29 is 14.6 Å². The lowest BCUT2D eigenvalue weighted by molar-refractivity contribution is -0.135. The first-order valence-corrected chi connectivity index (χ1v) is 6.20. The first kappa shape index (κ1) is 12.2. The second kappa shape index (κ2) is 4.56. The van der Waals surface area contributed by atoms with Crippen LogP contribution >= 0.6 is 15.9 Å². The minimum atomic E-state index is -0.832. The summed E-state index contributed by atoms with van der Waals surface area (Å²) >= 11 is 3.45. The van der Waals surface area contributed by atoms with Gasteiger partial charge in [-0.2, -0.15) is 0 Å². The summed E-state index contributed by atoms with van der Waals surface area (Å²) in [5.41, 5.74) is 1.91. The Kier molecular flexibility index (Phi) is 3.28. The fraction of sp³-hybridized carbons (Fsp3) is 0.417. The molecule has 1 N–H and O–H groups in total. The molecule has 5 heteroatoms. The third kappa shape index (κ3) is 2.54. The van der Waals surface area contributed by atoms with Crippen LogP contribution in [0.25, 0.3) is 0 Å². The predicted molar refractivity (Wildman–Crippen MR) is 68.8 cm³/mol. The summed E-state index contributed by atoms with van der Waals surface area (Å²) in [5.74, 6) is -0.0764. The zero-order valence-electron chi connectivity index (χ0n) is 9.74. The maximum absolute atomic E-state index is 10.8. The highest BCUT2D eigenvalue weighted by atomic mass is 79.9. The molecular weight excluding hydrogens is 286 g/mol. The number of anilines is 1. The van der Waals surface area contributed by atoms with E-state index in [0.717, 1.165) is 21.5 Å². The van der Waals surface area contributed by atoms with Gasteiger partial charge < -0.3 is 14.7 Å². The maximum atomic E-state index is 10.8. The highest BCUT2D eigenvalue weighted by Crippen LogP contribution is 2.37. The minimum absolute atomic E-state index is 0.00225. The van der Waals surface area contributed by atoms with E-state index in [2.05, 4.69) is 15.9 Å². The third-order valence-electron chi connectivity index (χ3n) is 2.71. The van der Waals surface area contributed by atoms with Gasteiger partial charge in [0, 0.05) is 4.47 Å². The molecule has 1 aliphatic rings. The molecule has 0 spiro atoms. The smallest absolute Gasteiger partial charge is 0.323 e. The van der Waals surface area contributed by atoms with Crippen LogP contribution < -0.4 is 9.64 Å². The number of aryl methyl sites for hydroxylation is 1. The first-order valence-electron chi connectivity index (χ1n) is 5.41. The van der Waals surface area contributed by atoms with Crippen molar-refractivity contribution in [2.45, 2.75) is 20.0 Å². The zero-order valence-corrected chi connectivity index (χ0v) is 11.3. The van der Waals surface area contributed by atoms with Crippen molar-refractivity contribution in [2.75, 3.05) is 18.0 Å². The van der Waals surface area contributed by atoms with Crippen molar-refractivity contribution in [1.29, 1.82) is 0 Å². The summed E-state index contributed by atoms with van der Waals surface area (Å²) in [6.45, 7) is 4.51. The lowest BCUT2D eigenvalue weighted by Gasteiger charge is -2.34. The van der Waals surface area contributed by atoms with Crippen molar-refractivity contribution >= 4 is 27.6 Å². The van der Waals surface area contributed by atoms with E-state index in [-0.39, 0.29) is 12.6 Å². The number of carbonyl (C=O) groups is 1. The Bertz CT molecular complexity index is 461. The molecular formula is C12H14BrNO3. The monoisotopic (exact) mass is 299 g/mol. The molecule has 4 nitrogen and oxygen atoms in total. The van der Waals surface area contributed by atoms with Crippen LogP contribution in [0.4, 0.5) is 5.69 Å². The fourth-order valence-corrected chi connectivity index (χ4v) is 2.29. The third-order valence-corrected chi connectivity index (χ3v) is 3.57. The molecule has 1 aromatic rings. The molecule has 0 aliphatic carbocycles. The molecule has 0 saturated heterocycles. The van der Waals surface area contributed by atoms with Gasteiger partial charge >= 0.3 is 5.97 Å². The lowest BCUT2D eigenvalue weighted by Crippen LogP contribution is -2.41. The summed E-state index contributed by atoms with van der Waals surface area (Å²) in [4.78, 5) is 12.7. The van der Waals surface area contributed by atoms with Crippen LogP contribution in [0, 0.1) is 6.92 Å². The summed E-state index contributed by atoms with van der Waals surface area (Å²) in [5, 5.41) is 8.91. The van der Waals surface area contributed by atoms with E-state index in [9.17, 15) is 4.79 Å². The SMILES string of the molecule is Cc1cc2c(cc1Br)N(CC(=O)O)CC(C)O2. The average Bonchev–Trinajstić information content (AvgIpc) is 2.20. The topological polar surface area (TPSA) is 49.8 Å². The number of carboxylic acid groups (broad SMARTS) is 1. The van der Waals surface area contributed by atoms with Gasteiger partial charge in [0.2, 0.25) is 0 Å². The number of hydrogen-bond donors (Lipinski definition) is 1. The zero-order chi connectivity index (χ0) is 12.6. The van der Waals surface area contributed by atoms with E-state index in [1.54, 1.807) is 0 Å². The Labute approximate surface area is 108 Å². The molecule has 0 radical (unpaired) electrons. The molecule has 1 aliphatic heterocycles. The van der Waals surface area contributed by atoms with Gasteiger partial charge in [-0.1, -0.05) is 15.9 Å². The number of carboxylic acids is 1. The number of benzene rings is 1. The molecule has 2 rings (SSSR count). The Morgan fingerprint density at radius 2 is 2.35 bits per heavy atom. The van der Waals surface area contributed by atoms with Crippen molar-refractivity contribution in [3.8, 4) is 5.75 Å².